The lowest BCUT2D eigenvalue weighted by Crippen LogP contribution is -2.32. The smallest absolute Gasteiger partial charge is 0.274 e. The number of rotatable bonds is 5. The summed E-state index contributed by atoms with van der Waals surface area (Å²) in [6.07, 6.45) is 9.15. The van der Waals surface area contributed by atoms with E-state index in [0.29, 0.717) is 11.7 Å². The van der Waals surface area contributed by atoms with Gasteiger partial charge in [-0.3, -0.25) is 9.78 Å². The Morgan fingerprint density at radius 3 is 2.43 bits per heavy atom. The zero-order valence-corrected chi connectivity index (χ0v) is 16.7. The quantitative estimate of drug-likeness (QED) is 0.775. The molecular formula is C23H30N4O. The molecule has 5 nitrogen and oxygen atoms in total. The van der Waals surface area contributed by atoms with Crippen LogP contribution in [0.1, 0.15) is 55.9 Å². The zero-order chi connectivity index (χ0) is 19.3. The van der Waals surface area contributed by atoms with E-state index in [0.717, 1.165) is 30.4 Å². The molecule has 1 aliphatic carbocycles. The highest BCUT2D eigenvalue weighted by Crippen LogP contribution is 2.25. The molecule has 2 N–H and O–H groups in total. The molecular weight excluding hydrogens is 348 g/mol. The normalized spacial score (nSPS) is 18.2. The molecule has 0 bridgehead atoms. The Morgan fingerprint density at radius 2 is 1.71 bits per heavy atom. The maximum absolute atomic E-state index is 12.6. The molecule has 2 aliphatic rings. The molecule has 148 valence electrons. The van der Waals surface area contributed by atoms with E-state index in [-0.39, 0.29) is 5.91 Å². The zero-order valence-electron chi connectivity index (χ0n) is 16.7. The average molecular weight is 379 g/mol. The van der Waals surface area contributed by atoms with Crippen LogP contribution >= 0.6 is 0 Å². The van der Waals surface area contributed by atoms with Crippen LogP contribution in [0.5, 0.6) is 0 Å². The van der Waals surface area contributed by atoms with Gasteiger partial charge in [-0.1, -0.05) is 19.8 Å². The average Bonchev–Trinajstić information content (AvgIpc) is 3.22. The molecule has 1 aromatic heterocycles. The minimum atomic E-state index is -0.172. The van der Waals surface area contributed by atoms with Gasteiger partial charge in [-0.25, -0.2) is 0 Å². The first kappa shape index (κ1) is 18.8. The van der Waals surface area contributed by atoms with Crippen LogP contribution < -0.4 is 15.5 Å². The van der Waals surface area contributed by atoms with Crippen LogP contribution in [-0.4, -0.2) is 30.0 Å². The van der Waals surface area contributed by atoms with Crippen LogP contribution in [-0.2, 0) is 0 Å². The van der Waals surface area contributed by atoms with Crippen LogP contribution in [0, 0.1) is 5.92 Å². The molecule has 2 aromatic rings. The predicted molar refractivity (Wildman–Crippen MR) is 115 cm³/mol. The largest absolute Gasteiger partial charge is 0.382 e. The SMILES string of the molecule is CC1CCN(c2ccc(NC(=O)c3cc(NC4CCCC4)ccn3)cc2)CC1. The van der Waals surface area contributed by atoms with Gasteiger partial charge in [-0.2, -0.15) is 0 Å². The van der Waals surface area contributed by atoms with Crippen molar-refractivity contribution in [2.45, 2.75) is 51.5 Å². The minimum Gasteiger partial charge on any atom is -0.382 e. The molecule has 0 atom stereocenters. The Kier molecular flexibility index (Phi) is 5.79. The monoisotopic (exact) mass is 378 g/mol. The fourth-order valence-corrected chi connectivity index (χ4v) is 4.17. The maximum atomic E-state index is 12.6. The predicted octanol–water partition coefficient (Wildman–Crippen LogP) is 4.92. The van der Waals surface area contributed by atoms with Gasteiger partial charge in [0, 0.05) is 42.4 Å². The topological polar surface area (TPSA) is 57.3 Å². The number of hydrogen-bond acceptors (Lipinski definition) is 4. The van der Waals surface area contributed by atoms with E-state index in [1.54, 1.807) is 6.20 Å². The number of aromatic nitrogens is 1. The van der Waals surface area contributed by atoms with E-state index in [4.69, 9.17) is 0 Å². The van der Waals surface area contributed by atoms with E-state index in [2.05, 4.69) is 39.6 Å². The summed E-state index contributed by atoms with van der Waals surface area (Å²) in [4.78, 5) is 19.3. The summed E-state index contributed by atoms with van der Waals surface area (Å²) in [5.41, 5.74) is 3.44. The van der Waals surface area contributed by atoms with E-state index < -0.39 is 0 Å². The Morgan fingerprint density at radius 1 is 1.00 bits per heavy atom. The third-order valence-corrected chi connectivity index (χ3v) is 5.99. The molecule has 1 saturated carbocycles. The summed E-state index contributed by atoms with van der Waals surface area (Å²) in [6.45, 7) is 4.54. The van der Waals surface area contributed by atoms with Gasteiger partial charge in [0.25, 0.3) is 5.91 Å². The van der Waals surface area contributed by atoms with Gasteiger partial charge in [-0.05, 0) is 68.0 Å². The molecule has 5 heteroatoms. The van der Waals surface area contributed by atoms with E-state index in [1.807, 2.05) is 24.3 Å². The molecule has 1 aromatic carbocycles. The summed E-state index contributed by atoms with van der Waals surface area (Å²) in [5, 5.41) is 6.49. The number of amides is 1. The molecule has 1 saturated heterocycles. The fraction of sp³-hybridized carbons (Fsp3) is 0.478. The number of hydrogen-bond donors (Lipinski definition) is 2. The summed E-state index contributed by atoms with van der Waals surface area (Å²) in [7, 11) is 0. The van der Waals surface area contributed by atoms with E-state index >= 15 is 0 Å². The first-order chi connectivity index (χ1) is 13.7. The maximum Gasteiger partial charge on any atom is 0.274 e. The number of pyridine rings is 1. The molecule has 2 fully saturated rings. The summed E-state index contributed by atoms with van der Waals surface area (Å²) < 4.78 is 0. The molecule has 0 unspecified atom stereocenters. The van der Waals surface area contributed by atoms with Crippen molar-refractivity contribution in [1.82, 2.24) is 4.98 Å². The molecule has 1 amide bonds. The Hall–Kier alpha value is -2.56. The van der Waals surface area contributed by atoms with Crippen molar-refractivity contribution in [3.63, 3.8) is 0 Å². The summed E-state index contributed by atoms with van der Waals surface area (Å²) >= 11 is 0. The molecule has 1 aliphatic heterocycles. The summed E-state index contributed by atoms with van der Waals surface area (Å²) in [6, 6.07) is 12.4. The van der Waals surface area contributed by atoms with Crippen LogP contribution in [0.25, 0.3) is 0 Å². The molecule has 2 heterocycles. The van der Waals surface area contributed by atoms with E-state index in [9.17, 15) is 4.79 Å². The highest BCUT2D eigenvalue weighted by Gasteiger charge is 2.17. The second-order valence-electron chi connectivity index (χ2n) is 8.23. The number of carbonyl (C=O) groups excluding carboxylic acids is 1. The van der Waals surface area contributed by atoms with Crippen molar-refractivity contribution in [3.8, 4) is 0 Å². The van der Waals surface area contributed by atoms with Gasteiger partial charge in [0.05, 0.1) is 0 Å². The van der Waals surface area contributed by atoms with Crippen molar-refractivity contribution in [2.24, 2.45) is 5.92 Å². The van der Waals surface area contributed by atoms with Crippen molar-refractivity contribution in [2.75, 3.05) is 28.6 Å². The third-order valence-electron chi connectivity index (χ3n) is 5.99. The third kappa shape index (κ3) is 4.64. The highest BCUT2D eigenvalue weighted by atomic mass is 16.1. The van der Waals surface area contributed by atoms with Crippen LogP contribution in [0.3, 0.4) is 0 Å². The van der Waals surface area contributed by atoms with Crippen molar-refractivity contribution < 1.29 is 4.79 Å². The lowest BCUT2D eigenvalue weighted by Gasteiger charge is -2.32. The fourth-order valence-electron chi connectivity index (χ4n) is 4.17. The number of piperidine rings is 1. The van der Waals surface area contributed by atoms with Gasteiger partial charge in [-0.15, -0.1) is 0 Å². The van der Waals surface area contributed by atoms with Crippen molar-refractivity contribution in [1.29, 1.82) is 0 Å². The van der Waals surface area contributed by atoms with Crippen molar-refractivity contribution >= 4 is 23.0 Å². The lowest BCUT2D eigenvalue weighted by molar-refractivity contribution is 0.102. The molecule has 4 rings (SSSR count). The molecule has 28 heavy (non-hydrogen) atoms. The second-order valence-corrected chi connectivity index (χ2v) is 8.23. The Bertz CT molecular complexity index is 791. The Labute approximate surface area is 167 Å². The first-order valence-corrected chi connectivity index (χ1v) is 10.6. The molecule has 0 radical (unpaired) electrons. The van der Waals surface area contributed by atoms with Crippen LogP contribution in [0.15, 0.2) is 42.6 Å². The van der Waals surface area contributed by atoms with Gasteiger partial charge in [0.15, 0.2) is 0 Å². The number of nitrogens with zero attached hydrogens (tertiary/aromatic N) is 2. The van der Waals surface area contributed by atoms with E-state index in [1.165, 1.54) is 44.2 Å². The second kappa shape index (κ2) is 8.63. The van der Waals surface area contributed by atoms with Crippen LogP contribution in [0.4, 0.5) is 17.1 Å². The minimum absolute atomic E-state index is 0.172. The number of carbonyl (C=O) groups is 1. The highest BCUT2D eigenvalue weighted by molar-refractivity contribution is 6.03. The van der Waals surface area contributed by atoms with Gasteiger partial charge in [0.2, 0.25) is 0 Å². The number of nitrogens with one attached hydrogen (secondary N) is 2. The van der Waals surface area contributed by atoms with Gasteiger partial charge >= 0.3 is 0 Å². The lowest BCUT2D eigenvalue weighted by atomic mass is 9.99. The van der Waals surface area contributed by atoms with Gasteiger partial charge in [0.1, 0.15) is 5.69 Å². The van der Waals surface area contributed by atoms with Crippen molar-refractivity contribution in [3.05, 3.63) is 48.3 Å². The first-order valence-electron chi connectivity index (χ1n) is 10.6. The van der Waals surface area contributed by atoms with Crippen LogP contribution in [0.2, 0.25) is 0 Å². The number of anilines is 3. The number of benzene rings is 1. The standard InChI is InChI=1S/C23H30N4O/c1-17-11-14-27(15-12-17)21-8-6-19(7-9-21)26-23(28)22-16-20(10-13-24-22)25-18-4-2-3-5-18/h6-10,13,16-18H,2-5,11-12,14-15H2,1H3,(H,24,25)(H,26,28). The summed E-state index contributed by atoms with van der Waals surface area (Å²) in [5.74, 6) is 0.649. The Balaban J connectivity index is 1.36. The molecule has 0 spiro atoms. The van der Waals surface area contributed by atoms with Gasteiger partial charge < -0.3 is 15.5 Å².